The number of pyridine rings is 1. The molecule has 3 aromatic carbocycles. The van der Waals surface area contributed by atoms with E-state index in [4.69, 9.17) is 0 Å². The molecule has 5 rings (SSSR count). The van der Waals surface area contributed by atoms with Crippen LogP contribution in [0, 0.1) is 20.8 Å². The molecule has 1 N–H and O–H groups in total. The van der Waals surface area contributed by atoms with Gasteiger partial charge in [-0.1, -0.05) is 54.1 Å². The van der Waals surface area contributed by atoms with E-state index >= 15 is 0 Å². The van der Waals surface area contributed by atoms with Crippen LogP contribution >= 0.6 is 0 Å². The second kappa shape index (κ2) is 8.48. The van der Waals surface area contributed by atoms with Gasteiger partial charge in [0, 0.05) is 23.1 Å². The summed E-state index contributed by atoms with van der Waals surface area (Å²) < 4.78 is 3.11. The maximum absolute atomic E-state index is 13.4. The van der Waals surface area contributed by atoms with Crippen LogP contribution in [0.25, 0.3) is 22.1 Å². The van der Waals surface area contributed by atoms with Crippen molar-refractivity contribution in [1.82, 2.24) is 14.3 Å². The highest BCUT2D eigenvalue weighted by Crippen LogP contribution is 2.28. The molecular weight excluding hydrogens is 424 g/mol. The summed E-state index contributed by atoms with van der Waals surface area (Å²) in [4.78, 5) is 18.1. The number of benzene rings is 3. The van der Waals surface area contributed by atoms with E-state index in [9.17, 15) is 9.90 Å². The van der Waals surface area contributed by atoms with Crippen molar-refractivity contribution in [2.45, 2.75) is 20.8 Å². The number of aliphatic imine (C=N–C) groups is 1. The number of fused-ring (bicyclic) bond motifs is 1. The molecule has 6 nitrogen and oxygen atoms in total. The molecule has 0 unspecified atom stereocenters. The van der Waals surface area contributed by atoms with Crippen LogP contribution in [0.1, 0.15) is 22.4 Å². The SMILES string of the molecule is Cc1ccc(-n2c(O)c(/C=N/c3cc(C)nn3-c3ccccc3)c3ccccc3c2=O)c(C)c1. The van der Waals surface area contributed by atoms with Crippen LogP contribution in [0.5, 0.6) is 5.88 Å². The van der Waals surface area contributed by atoms with E-state index in [0.29, 0.717) is 27.8 Å². The summed E-state index contributed by atoms with van der Waals surface area (Å²) in [5.41, 5.74) is 4.52. The third-order valence-electron chi connectivity index (χ3n) is 5.84. The monoisotopic (exact) mass is 448 g/mol. The Hall–Kier alpha value is -4.45. The zero-order valence-electron chi connectivity index (χ0n) is 19.2. The van der Waals surface area contributed by atoms with Gasteiger partial charge in [-0.15, -0.1) is 0 Å². The standard InChI is InChI=1S/C28H24N4O2/c1-18-13-14-25(19(2)15-18)31-27(33)23-12-8-7-11-22(23)24(28(31)34)17-29-26-16-20(3)30-32(26)21-9-5-4-6-10-21/h4-17,34H,1-3H3/b29-17+. The fraction of sp³-hybridized carbons (Fsp3) is 0.107. The van der Waals surface area contributed by atoms with Crippen molar-refractivity contribution in [3.63, 3.8) is 0 Å². The summed E-state index contributed by atoms with van der Waals surface area (Å²) in [6, 6.07) is 24.7. The second-order valence-electron chi connectivity index (χ2n) is 8.36. The summed E-state index contributed by atoms with van der Waals surface area (Å²) in [5, 5.41) is 17.0. The van der Waals surface area contributed by atoms with Crippen LogP contribution in [0.2, 0.25) is 0 Å². The van der Waals surface area contributed by atoms with Gasteiger partial charge in [0.05, 0.1) is 22.6 Å². The fourth-order valence-corrected chi connectivity index (χ4v) is 4.24. The lowest BCUT2D eigenvalue weighted by Crippen LogP contribution is -2.21. The van der Waals surface area contributed by atoms with Crippen molar-refractivity contribution in [3.8, 4) is 17.3 Å². The average molecular weight is 449 g/mol. The number of rotatable bonds is 4. The Morgan fingerprint density at radius 3 is 2.32 bits per heavy atom. The molecule has 0 atom stereocenters. The number of hydrogen-bond acceptors (Lipinski definition) is 4. The Bertz CT molecular complexity index is 1610. The van der Waals surface area contributed by atoms with Gasteiger partial charge in [0.25, 0.3) is 5.56 Å². The minimum atomic E-state index is -0.276. The minimum Gasteiger partial charge on any atom is -0.494 e. The molecule has 5 aromatic rings. The van der Waals surface area contributed by atoms with E-state index in [0.717, 1.165) is 22.5 Å². The maximum atomic E-state index is 13.4. The first-order valence-corrected chi connectivity index (χ1v) is 11.0. The van der Waals surface area contributed by atoms with Gasteiger partial charge >= 0.3 is 0 Å². The zero-order valence-corrected chi connectivity index (χ0v) is 19.2. The van der Waals surface area contributed by atoms with Gasteiger partial charge in [0.15, 0.2) is 5.82 Å². The number of aryl methyl sites for hydroxylation is 3. The van der Waals surface area contributed by atoms with E-state index in [-0.39, 0.29) is 11.4 Å². The highest BCUT2D eigenvalue weighted by molar-refractivity contribution is 6.02. The largest absolute Gasteiger partial charge is 0.494 e. The van der Waals surface area contributed by atoms with Crippen molar-refractivity contribution in [3.05, 3.63) is 112 Å². The molecule has 0 aliphatic heterocycles. The molecule has 0 aliphatic rings. The number of hydrogen-bond donors (Lipinski definition) is 1. The van der Waals surface area contributed by atoms with Crippen LogP contribution in [0.4, 0.5) is 5.82 Å². The molecule has 0 aliphatic carbocycles. The number of para-hydroxylation sites is 1. The minimum absolute atomic E-state index is 0.151. The molecule has 0 saturated carbocycles. The van der Waals surface area contributed by atoms with E-state index in [1.165, 1.54) is 4.57 Å². The van der Waals surface area contributed by atoms with Crippen LogP contribution in [-0.2, 0) is 0 Å². The van der Waals surface area contributed by atoms with E-state index in [1.54, 1.807) is 17.0 Å². The first-order valence-electron chi connectivity index (χ1n) is 11.0. The van der Waals surface area contributed by atoms with Crippen molar-refractivity contribution in [2.75, 3.05) is 0 Å². The maximum Gasteiger partial charge on any atom is 0.265 e. The lowest BCUT2D eigenvalue weighted by Gasteiger charge is -2.16. The summed E-state index contributed by atoms with van der Waals surface area (Å²) in [7, 11) is 0. The van der Waals surface area contributed by atoms with Gasteiger partial charge < -0.3 is 5.11 Å². The highest BCUT2D eigenvalue weighted by atomic mass is 16.3. The normalized spacial score (nSPS) is 11.5. The Balaban J connectivity index is 1.73. The number of aromatic hydroxyl groups is 1. The summed E-state index contributed by atoms with van der Waals surface area (Å²) >= 11 is 0. The Kier molecular flexibility index (Phi) is 5.34. The van der Waals surface area contributed by atoms with Crippen molar-refractivity contribution < 1.29 is 5.11 Å². The molecule has 0 fully saturated rings. The van der Waals surface area contributed by atoms with Gasteiger partial charge in [-0.2, -0.15) is 5.10 Å². The molecule has 0 bridgehead atoms. The van der Waals surface area contributed by atoms with E-state index in [1.807, 2.05) is 93.6 Å². The first-order chi connectivity index (χ1) is 16.4. The van der Waals surface area contributed by atoms with Gasteiger partial charge in [0.1, 0.15) is 0 Å². The second-order valence-corrected chi connectivity index (χ2v) is 8.36. The predicted molar refractivity (Wildman–Crippen MR) is 136 cm³/mol. The molecule has 0 spiro atoms. The van der Waals surface area contributed by atoms with E-state index < -0.39 is 0 Å². The molecule has 0 amide bonds. The van der Waals surface area contributed by atoms with Gasteiger partial charge in [-0.3, -0.25) is 4.79 Å². The third-order valence-corrected chi connectivity index (χ3v) is 5.84. The van der Waals surface area contributed by atoms with E-state index in [2.05, 4.69) is 10.1 Å². The molecule has 34 heavy (non-hydrogen) atoms. The number of nitrogens with zero attached hydrogens (tertiary/aromatic N) is 4. The fourth-order valence-electron chi connectivity index (χ4n) is 4.24. The van der Waals surface area contributed by atoms with Gasteiger partial charge in [0.2, 0.25) is 5.88 Å². The molecule has 2 aromatic heterocycles. The summed E-state index contributed by atoms with van der Waals surface area (Å²) in [5.74, 6) is 0.471. The lowest BCUT2D eigenvalue weighted by molar-refractivity contribution is 0.436. The van der Waals surface area contributed by atoms with Gasteiger partial charge in [-0.05, 0) is 50.6 Å². The average Bonchev–Trinajstić information content (AvgIpc) is 3.21. The van der Waals surface area contributed by atoms with Gasteiger partial charge in [-0.25, -0.2) is 14.2 Å². The van der Waals surface area contributed by atoms with Crippen molar-refractivity contribution in [1.29, 1.82) is 0 Å². The summed E-state index contributed by atoms with van der Waals surface area (Å²) in [6.45, 7) is 5.83. The quantitative estimate of drug-likeness (QED) is 0.366. The topological polar surface area (TPSA) is 72.4 Å². The number of aromatic nitrogens is 3. The molecule has 168 valence electrons. The molecule has 6 heteroatoms. The van der Waals surface area contributed by atoms with Crippen LogP contribution < -0.4 is 5.56 Å². The lowest BCUT2D eigenvalue weighted by atomic mass is 10.1. The molecule has 0 radical (unpaired) electrons. The Morgan fingerprint density at radius 2 is 1.59 bits per heavy atom. The van der Waals surface area contributed by atoms with Crippen molar-refractivity contribution in [2.24, 2.45) is 4.99 Å². The highest BCUT2D eigenvalue weighted by Gasteiger charge is 2.18. The van der Waals surface area contributed by atoms with Crippen molar-refractivity contribution >= 4 is 22.8 Å². The Labute approximate surface area is 197 Å². The summed E-state index contributed by atoms with van der Waals surface area (Å²) in [6.07, 6.45) is 1.60. The zero-order chi connectivity index (χ0) is 23.8. The van der Waals surface area contributed by atoms with Crippen LogP contribution in [-0.4, -0.2) is 25.7 Å². The smallest absolute Gasteiger partial charge is 0.265 e. The molecular formula is C28H24N4O2. The van der Waals surface area contributed by atoms with Crippen LogP contribution in [0.15, 0.2) is 88.6 Å². The molecule has 0 saturated heterocycles. The third kappa shape index (κ3) is 3.69. The van der Waals surface area contributed by atoms with Crippen LogP contribution in [0.3, 0.4) is 0 Å². The Morgan fingerprint density at radius 1 is 0.882 bits per heavy atom. The first kappa shape index (κ1) is 21.4. The molecule has 2 heterocycles. The predicted octanol–water partition coefficient (Wildman–Crippen LogP) is 5.56.